The molecule has 0 aliphatic carbocycles. The Balaban J connectivity index is 2.26. The van der Waals surface area contributed by atoms with E-state index >= 15 is 0 Å². The van der Waals surface area contributed by atoms with Crippen molar-refractivity contribution in [1.82, 2.24) is 15.1 Å². The van der Waals surface area contributed by atoms with Gasteiger partial charge in [0.2, 0.25) is 0 Å². The molecular weight excluding hydrogens is 248 g/mol. The Morgan fingerprint density at radius 1 is 1.32 bits per heavy atom. The van der Waals surface area contributed by atoms with Gasteiger partial charge in [-0.15, -0.1) is 0 Å². The van der Waals surface area contributed by atoms with Gasteiger partial charge in [-0.2, -0.15) is 0 Å². The molecule has 0 amide bonds. The van der Waals surface area contributed by atoms with Crippen molar-refractivity contribution >= 4 is 0 Å². The van der Waals surface area contributed by atoms with Gasteiger partial charge in [-0.3, -0.25) is 0 Å². The maximum Gasteiger partial charge on any atom is 0.159 e. The van der Waals surface area contributed by atoms with E-state index < -0.39 is 11.6 Å². The van der Waals surface area contributed by atoms with Crippen LogP contribution in [0.15, 0.2) is 18.2 Å². The third kappa shape index (κ3) is 3.29. The van der Waals surface area contributed by atoms with Crippen LogP contribution in [0.5, 0.6) is 0 Å². The largest absolute Gasteiger partial charge is 0.310 e. The quantitative estimate of drug-likeness (QED) is 0.896. The maximum absolute atomic E-state index is 13.4. The van der Waals surface area contributed by atoms with Crippen LogP contribution < -0.4 is 5.32 Å². The van der Waals surface area contributed by atoms with E-state index in [1.54, 1.807) is 6.07 Å². The molecule has 1 fully saturated rings. The van der Waals surface area contributed by atoms with Crippen LogP contribution in [0.4, 0.5) is 8.78 Å². The van der Waals surface area contributed by atoms with Gasteiger partial charge in [0.1, 0.15) is 0 Å². The Hall–Kier alpha value is -1.04. The standard InChI is InChI=1S/C14H21F2N3/c1-18(2)14(13-9-19(3)7-6-17-13)10-4-5-11(15)12(16)8-10/h4-5,8,13-14,17H,6-7,9H2,1-3H3. The second-order valence-corrected chi connectivity index (χ2v) is 5.40. The van der Waals surface area contributed by atoms with Gasteiger partial charge in [0.15, 0.2) is 11.6 Å². The SMILES string of the molecule is CN1CCNC(C(c2ccc(F)c(F)c2)N(C)C)C1. The molecule has 2 atom stereocenters. The topological polar surface area (TPSA) is 18.5 Å². The maximum atomic E-state index is 13.4. The lowest BCUT2D eigenvalue weighted by molar-refractivity contribution is 0.154. The van der Waals surface area contributed by atoms with Gasteiger partial charge in [0.25, 0.3) is 0 Å². The molecule has 0 radical (unpaired) electrons. The highest BCUT2D eigenvalue weighted by molar-refractivity contribution is 5.23. The van der Waals surface area contributed by atoms with E-state index in [1.807, 2.05) is 19.0 Å². The molecule has 0 spiro atoms. The molecule has 106 valence electrons. The highest BCUT2D eigenvalue weighted by Gasteiger charge is 2.28. The summed E-state index contributed by atoms with van der Waals surface area (Å²) in [5, 5.41) is 3.46. The van der Waals surface area contributed by atoms with Crippen molar-refractivity contribution in [1.29, 1.82) is 0 Å². The van der Waals surface area contributed by atoms with Crippen LogP contribution in [0.2, 0.25) is 0 Å². The molecule has 19 heavy (non-hydrogen) atoms. The van der Waals surface area contributed by atoms with Gasteiger partial charge < -0.3 is 15.1 Å². The van der Waals surface area contributed by atoms with Gasteiger partial charge in [-0.05, 0) is 38.8 Å². The number of benzene rings is 1. The summed E-state index contributed by atoms with van der Waals surface area (Å²) in [5.74, 6) is -1.58. The van der Waals surface area contributed by atoms with Crippen molar-refractivity contribution in [3.63, 3.8) is 0 Å². The summed E-state index contributed by atoms with van der Waals surface area (Å²) in [5.41, 5.74) is 0.803. The average Bonchev–Trinajstić information content (AvgIpc) is 2.33. The monoisotopic (exact) mass is 269 g/mol. The van der Waals surface area contributed by atoms with E-state index in [2.05, 4.69) is 17.3 Å². The van der Waals surface area contributed by atoms with Crippen LogP contribution in [0, 0.1) is 11.6 Å². The number of hydrogen-bond acceptors (Lipinski definition) is 3. The van der Waals surface area contributed by atoms with Gasteiger partial charge in [0.05, 0.1) is 6.04 Å². The fraction of sp³-hybridized carbons (Fsp3) is 0.571. The van der Waals surface area contributed by atoms with E-state index in [4.69, 9.17) is 0 Å². The van der Waals surface area contributed by atoms with Crippen molar-refractivity contribution in [2.24, 2.45) is 0 Å². The Morgan fingerprint density at radius 2 is 2.05 bits per heavy atom. The molecule has 0 saturated carbocycles. The Labute approximate surface area is 113 Å². The van der Waals surface area contributed by atoms with E-state index in [0.29, 0.717) is 0 Å². The summed E-state index contributed by atoms with van der Waals surface area (Å²) >= 11 is 0. The van der Waals surface area contributed by atoms with E-state index in [9.17, 15) is 8.78 Å². The molecule has 0 bridgehead atoms. The van der Waals surface area contributed by atoms with Crippen LogP contribution in [0.25, 0.3) is 0 Å². The summed E-state index contributed by atoms with van der Waals surface area (Å²) in [7, 11) is 6.00. The zero-order valence-electron chi connectivity index (χ0n) is 11.7. The number of nitrogens with one attached hydrogen (secondary N) is 1. The second-order valence-electron chi connectivity index (χ2n) is 5.40. The van der Waals surface area contributed by atoms with E-state index in [-0.39, 0.29) is 12.1 Å². The lowest BCUT2D eigenvalue weighted by atomic mass is 9.96. The van der Waals surface area contributed by atoms with Crippen molar-refractivity contribution in [2.45, 2.75) is 12.1 Å². The predicted molar refractivity (Wildman–Crippen MR) is 72.1 cm³/mol. The Bertz CT molecular complexity index is 437. The minimum atomic E-state index is -0.796. The molecule has 1 N–H and O–H groups in total. The molecule has 5 heteroatoms. The van der Waals surface area contributed by atoms with Gasteiger partial charge in [-0.25, -0.2) is 8.78 Å². The lowest BCUT2D eigenvalue weighted by Crippen LogP contribution is -2.54. The molecule has 2 rings (SSSR count). The number of nitrogens with zero attached hydrogens (tertiary/aromatic N) is 2. The second kappa shape index (κ2) is 5.94. The van der Waals surface area contributed by atoms with Gasteiger partial charge >= 0.3 is 0 Å². The number of halogens is 2. The van der Waals surface area contributed by atoms with Crippen LogP contribution in [0.3, 0.4) is 0 Å². The van der Waals surface area contributed by atoms with Crippen LogP contribution in [-0.4, -0.2) is 56.6 Å². The number of piperazine rings is 1. The first-order chi connectivity index (χ1) is 8.99. The fourth-order valence-corrected chi connectivity index (χ4v) is 2.73. The minimum Gasteiger partial charge on any atom is -0.310 e. The zero-order chi connectivity index (χ0) is 14.0. The number of hydrogen-bond donors (Lipinski definition) is 1. The molecule has 1 aliphatic heterocycles. The van der Waals surface area contributed by atoms with Gasteiger partial charge in [0, 0.05) is 25.7 Å². The van der Waals surface area contributed by atoms with Crippen molar-refractivity contribution in [3.8, 4) is 0 Å². The summed E-state index contributed by atoms with van der Waals surface area (Å²) in [4.78, 5) is 4.29. The summed E-state index contributed by atoms with van der Waals surface area (Å²) in [6.07, 6.45) is 0. The number of likely N-dealkylation sites (N-methyl/N-ethyl adjacent to an activating group) is 2. The molecule has 0 aromatic heterocycles. The molecule has 1 aromatic carbocycles. The zero-order valence-corrected chi connectivity index (χ0v) is 11.7. The van der Waals surface area contributed by atoms with Crippen LogP contribution in [-0.2, 0) is 0 Å². The molecule has 1 aromatic rings. The van der Waals surface area contributed by atoms with E-state index in [1.165, 1.54) is 12.1 Å². The summed E-state index contributed by atoms with van der Waals surface area (Å²) in [6.45, 7) is 2.81. The third-order valence-electron chi connectivity index (χ3n) is 3.63. The van der Waals surface area contributed by atoms with Gasteiger partial charge in [-0.1, -0.05) is 6.07 Å². The summed E-state index contributed by atoms with van der Waals surface area (Å²) in [6, 6.07) is 4.40. The molecule has 3 nitrogen and oxygen atoms in total. The first-order valence-electron chi connectivity index (χ1n) is 6.52. The number of rotatable bonds is 3. The normalized spacial score (nSPS) is 22.7. The van der Waals surface area contributed by atoms with Crippen molar-refractivity contribution in [3.05, 3.63) is 35.4 Å². The molecule has 2 unspecified atom stereocenters. The first kappa shape index (κ1) is 14.4. The first-order valence-corrected chi connectivity index (χ1v) is 6.52. The average molecular weight is 269 g/mol. The smallest absolute Gasteiger partial charge is 0.159 e. The third-order valence-corrected chi connectivity index (χ3v) is 3.63. The molecule has 1 aliphatic rings. The highest BCUT2D eigenvalue weighted by Crippen LogP contribution is 2.25. The van der Waals surface area contributed by atoms with Crippen LogP contribution in [0.1, 0.15) is 11.6 Å². The highest BCUT2D eigenvalue weighted by atomic mass is 19.2. The molecule has 1 saturated heterocycles. The van der Waals surface area contributed by atoms with Crippen LogP contribution >= 0.6 is 0 Å². The predicted octanol–water partition coefficient (Wildman–Crippen LogP) is 1.47. The lowest BCUT2D eigenvalue weighted by Gasteiger charge is -2.39. The van der Waals surface area contributed by atoms with Crippen molar-refractivity contribution in [2.75, 3.05) is 40.8 Å². The fourth-order valence-electron chi connectivity index (χ4n) is 2.73. The Morgan fingerprint density at radius 3 is 2.63 bits per heavy atom. The Kier molecular flexibility index (Phi) is 4.50. The van der Waals surface area contributed by atoms with E-state index in [0.717, 1.165) is 25.2 Å². The van der Waals surface area contributed by atoms with Crippen molar-refractivity contribution < 1.29 is 8.78 Å². The molecular formula is C14H21F2N3. The summed E-state index contributed by atoms with van der Waals surface area (Å²) < 4.78 is 26.5. The minimum absolute atomic E-state index is 0.0258. The molecule has 1 heterocycles.